The molecule has 1 rings (SSSR count). The highest BCUT2D eigenvalue weighted by molar-refractivity contribution is 5.75. The molecule has 0 spiro atoms. The fourth-order valence-electron chi connectivity index (χ4n) is 3.17. The second-order valence-electron chi connectivity index (χ2n) is 7.74. The van der Waals surface area contributed by atoms with Crippen LogP contribution >= 0.6 is 0 Å². The van der Waals surface area contributed by atoms with Crippen LogP contribution in [0, 0.1) is 11.8 Å². The lowest BCUT2D eigenvalue weighted by Gasteiger charge is -2.06. The van der Waals surface area contributed by atoms with Crippen LogP contribution in [0.15, 0.2) is 18.2 Å². The SMILES string of the molecule is CCCCCCCCC#CCCCCCCCC(=O)NCc1ccc(O)c(O)c1. The Morgan fingerprint density at radius 3 is 2.03 bits per heavy atom. The van der Waals surface area contributed by atoms with Crippen LogP contribution in [0.5, 0.6) is 11.5 Å². The molecule has 162 valence electrons. The van der Waals surface area contributed by atoms with E-state index in [0.29, 0.717) is 13.0 Å². The number of benzene rings is 1. The van der Waals surface area contributed by atoms with E-state index < -0.39 is 0 Å². The first kappa shape index (κ1) is 24.9. The van der Waals surface area contributed by atoms with E-state index in [1.165, 1.54) is 57.1 Å². The first-order valence-electron chi connectivity index (χ1n) is 11.4. The molecule has 29 heavy (non-hydrogen) atoms. The fraction of sp³-hybridized carbons (Fsp3) is 0.640. The Hall–Kier alpha value is -2.15. The molecule has 0 aliphatic carbocycles. The van der Waals surface area contributed by atoms with E-state index in [-0.39, 0.29) is 17.4 Å². The highest BCUT2D eigenvalue weighted by Gasteiger charge is 2.04. The summed E-state index contributed by atoms with van der Waals surface area (Å²) in [5.41, 5.74) is 0.770. The zero-order valence-electron chi connectivity index (χ0n) is 18.1. The van der Waals surface area contributed by atoms with Crippen LogP contribution in [0.2, 0.25) is 0 Å². The number of carbonyl (C=O) groups is 1. The molecule has 1 amide bonds. The third-order valence-electron chi connectivity index (χ3n) is 5.02. The number of hydrogen-bond acceptors (Lipinski definition) is 3. The first-order chi connectivity index (χ1) is 14.1. The van der Waals surface area contributed by atoms with Gasteiger partial charge in [0, 0.05) is 25.8 Å². The molecule has 1 aromatic rings. The van der Waals surface area contributed by atoms with Crippen molar-refractivity contribution >= 4 is 5.91 Å². The highest BCUT2D eigenvalue weighted by Crippen LogP contribution is 2.24. The first-order valence-corrected chi connectivity index (χ1v) is 11.4. The van der Waals surface area contributed by atoms with Crippen molar-refractivity contribution in [3.63, 3.8) is 0 Å². The van der Waals surface area contributed by atoms with Gasteiger partial charge < -0.3 is 15.5 Å². The van der Waals surface area contributed by atoms with Crippen LogP contribution in [0.25, 0.3) is 0 Å². The van der Waals surface area contributed by atoms with Gasteiger partial charge in [0.05, 0.1) is 0 Å². The monoisotopic (exact) mass is 401 g/mol. The molecular weight excluding hydrogens is 362 g/mol. The molecule has 4 heteroatoms. The van der Waals surface area contributed by atoms with E-state index in [4.69, 9.17) is 0 Å². The number of unbranched alkanes of at least 4 members (excludes halogenated alkanes) is 11. The van der Waals surface area contributed by atoms with Crippen LogP contribution in [-0.2, 0) is 11.3 Å². The zero-order valence-corrected chi connectivity index (χ0v) is 18.1. The molecular formula is C25H39NO3. The van der Waals surface area contributed by atoms with E-state index in [9.17, 15) is 15.0 Å². The summed E-state index contributed by atoms with van der Waals surface area (Å²) >= 11 is 0. The Morgan fingerprint density at radius 1 is 0.828 bits per heavy atom. The molecule has 0 unspecified atom stereocenters. The van der Waals surface area contributed by atoms with Crippen LogP contribution in [-0.4, -0.2) is 16.1 Å². The highest BCUT2D eigenvalue weighted by atomic mass is 16.3. The average Bonchev–Trinajstić information content (AvgIpc) is 2.71. The maximum absolute atomic E-state index is 11.9. The molecule has 4 nitrogen and oxygen atoms in total. The smallest absolute Gasteiger partial charge is 0.220 e. The molecule has 0 heterocycles. The van der Waals surface area contributed by atoms with Crippen LogP contribution in [0.1, 0.15) is 102 Å². The van der Waals surface area contributed by atoms with Crippen molar-refractivity contribution in [1.82, 2.24) is 5.32 Å². The lowest BCUT2D eigenvalue weighted by atomic mass is 10.1. The predicted molar refractivity (Wildman–Crippen MR) is 120 cm³/mol. The topological polar surface area (TPSA) is 69.6 Å². The summed E-state index contributed by atoms with van der Waals surface area (Å²) in [6.07, 6.45) is 16.0. The molecule has 3 N–H and O–H groups in total. The number of phenols is 2. The summed E-state index contributed by atoms with van der Waals surface area (Å²) in [5, 5.41) is 21.6. The number of phenolic OH excluding ortho intramolecular Hbond substituents is 2. The molecule has 1 aromatic carbocycles. The van der Waals surface area contributed by atoms with Gasteiger partial charge in [-0.15, -0.1) is 11.8 Å². The van der Waals surface area contributed by atoms with E-state index in [1.54, 1.807) is 6.07 Å². The Labute approximate surface area is 177 Å². The number of rotatable bonds is 15. The van der Waals surface area contributed by atoms with Gasteiger partial charge in [-0.2, -0.15) is 0 Å². The van der Waals surface area contributed by atoms with E-state index in [1.807, 2.05) is 0 Å². The van der Waals surface area contributed by atoms with Crippen LogP contribution < -0.4 is 5.32 Å². The van der Waals surface area contributed by atoms with Crippen LogP contribution in [0.3, 0.4) is 0 Å². The minimum atomic E-state index is -0.163. The molecule has 0 aliphatic rings. The van der Waals surface area contributed by atoms with E-state index in [2.05, 4.69) is 24.1 Å². The summed E-state index contributed by atoms with van der Waals surface area (Å²) in [6, 6.07) is 4.58. The second-order valence-corrected chi connectivity index (χ2v) is 7.74. The number of amides is 1. The van der Waals surface area contributed by atoms with Gasteiger partial charge >= 0.3 is 0 Å². The Bertz CT molecular complexity index is 631. The molecule has 0 bridgehead atoms. The van der Waals surface area contributed by atoms with Crippen molar-refractivity contribution < 1.29 is 15.0 Å². The average molecular weight is 402 g/mol. The van der Waals surface area contributed by atoms with Gasteiger partial charge in [0.25, 0.3) is 0 Å². The van der Waals surface area contributed by atoms with Crippen molar-refractivity contribution in [2.24, 2.45) is 0 Å². The fourth-order valence-corrected chi connectivity index (χ4v) is 3.17. The zero-order chi connectivity index (χ0) is 21.2. The van der Waals surface area contributed by atoms with Crippen molar-refractivity contribution in [2.45, 2.75) is 103 Å². The van der Waals surface area contributed by atoms with Gasteiger partial charge in [0.2, 0.25) is 5.91 Å². The number of hydrogen-bond donors (Lipinski definition) is 3. The number of carbonyl (C=O) groups excluding carboxylic acids is 1. The maximum atomic E-state index is 11.9. The molecule has 0 saturated heterocycles. The Balaban J connectivity index is 1.91. The van der Waals surface area contributed by atoms with Crippen molar-refractivity contribution in [1.29, 1.82) is 0 Å². The quantitative estimate of drug-likeness (QED) is 0.186. The predicted octanol–water partition coefficient (Wildman–Crippen LogP) is 6.20. The summed E-state index contributed by atoms with van der Waals surface area (Å²) in [7, 11) is 0. The second kappa shape index (κ2) is 16.8. The van der Waals surface area contributed by atoms with E-state index in [0.717, 1.165) is 44.1 Å². The van der Waals surface area contributed by atoms with Crippen molar-refractivity contribution in [3.05, 3.63) is 23.8 Å². The van der Waals surface area contributed by atoms with Crippen molar-refractivity contribution in [3.8, 4) is 23.3 Å². The van der Waals surface area contributed by atoms with Crippen LogP contribution in [0.4, 0.5) is 0 Å². The summed E-state index contributed by atoms with van der Waals surface area (Å²) < 4.78 is 0. The lowest BCUT2D eigenvalue weighted by Crippen LogP contribution is -2.22. The Kier molecular flexibility index (Phi) is 14.4. The number of aromatic hydroxyl groups is 2. The normalized spacial score (nSPS) is 10.4. The van der Waals surface area contributed by atoms with Gasteiger partial charge in [-0.25, -0.2) is 0 Å². The van der Waals surface area contributed by atoms with Gasteiger partial charge in [0.1, 0.15) is 0 Å². The van der Waals surface area contributed by atoms with E-state index >= 15 is 0 Å². The molecule has 0 radical (unpaired) electrons. The molecule has 0 saturated carbocycles. The lowest BCUT2D eigenvalue weighted by molar-refractivity contribution is -0.121. The molecule has 0 atom stereocenters. The van der Waals surface area contributed by atoms with Gasteiger partial charge in [0.15, 0.2) is 11.5 Å². The number of nitrogens with one attached hydrogen (secondary N) is 1. The van der Waals surface area contributed by atoms with Gasteiger partial charge in [-0.05, 0) is 37.0 Å². The van der Waals surface area contributed by atoms with Crippen molar-refractivity contribution in [2.75, 3.05) is 0 Å². The van der Waals surface area contributed by atoms with Gasteiger partial charge in [-0.3, -0.25) is 4.79 Å². The standard InChI is InChI=1S/C25H39NO3/c1-2-3-4-5-6-7-8-9-10-11-12-13-14-15-16-17-25(29)26-21-22-18-19-23(27)24(28)20-22/h18-20,27-28H,2-8,11-17,21H2,1H3,(H,26,29). The van der Waals surface area contributed by atoms with Gasteiger partial charge in [-0.1, -0.05) is 64.4 Å². The minimum Gasteiger partial charge on any atom is -0.504 e. The third-order valence-corrected chi connectivity index (χ3v) is 5.02. The summed E-state index contributed by atoms with van der Waals surface area (Å²) in [4.78, 5) is 11.9. The maximum Gasteiger partial charge on any atom is 0.220 e. The summed E-state index contributed by atoms with van der Waals surface area (Å²) in [5.74, 6) is 6.30. The molecule has 0 aliphatic heterocycles. The molecule has 0 fully saturated rings. The third kappa shape index (κ3) is 13.6. The summed E-state index contributed by atoms with van der Waals surface area (Å²) in [6.45, 7) is 2.61. The Morgan fingerprint density at radius 2 is 1.41 bits per heavy atom. The molecule has 0 aromatic heterocycles. The minimum absolute atomic E-state index is 0.0260. The largest absolute Gasteiger partial charge is 0.504 e.